The molecule has 0 saturated carbocycles. The maximum atomic E-state index is 9.54. The third-order valence-corrected chi connectivity index (χ3v) is 3.02. The summed E-state index contributed by atoms with van der Waals surface area (Å²) in [5.74, 6) is 0. The Morgan fingerprint density at radius 2 is 2.07 bits per heavy atom. The quantitative estimate of drug-likeness (QED) is 0.527. The van der Waals surface area contributed by atoms with E-state index < -0.39 is 12.2 Å². The molecule has 2 saturated heterocycles. The maximum absolute atomic E-state index is 9.54. The van der Waals surface area contributed by atoms with Crippen LogP contribution in [0.3, 0.4) is 0 Å². The van der Waals surface area contributed by atoms with E-state index in [4.69, 9.17) is 4.74 Å². The van der Waals surface area contributed by atoms with Crippen LogP contribution in [-0.2, 0) is 4.74 Å². The van der Waals surface area contributed by atoms with Gasteiger partial charge in [0.05, 0.1) is 18.3 Å². The number of aliphatic hydroxyl groups is 2. The third-order valence-electron chi connectivity index (χ3n) is 3.02. The molecule has 0 aromatic rings. The smallest absolute Gasteiger partial charge is 0.103 e. The summed E-state index contributed by atoms with van der Waals surface area (Å²) in [5, 5.41) is 22.1. The minimum Gasteiger partial charge on any atom is -0.390 e. The first-order chi connectivity index (χ1) is 6.22. The molecule has 2 heterocycles. The van der Waals surface area contributed by atoms with E-state index in [1.165, 1.54) is 0 Å². The Balaban J connectivity index is 0.000000980. The van der Waals surface area contributed by atoms with E-state index in [0.29, 0.717) is 6.42 Å². The Hall–Kier alpha value is 0.130. The summed E-state index contributed by atoms with van der Waals surface area (Å²) >= 11 is 0. The van der Waals surface area contributed by atoms with Crippen LogP contribution in [0.4, 0.5) is 0 Å². The zero-order chi connectivity index (χ0) is 9.31. The molecule has 0 amide bonds. The van der Waals surface area contributed by atoms with Crippen LogP contribution < -0.4 is 5.32 Å². The van der Waals surface area contributed by atoms with Gasteiger partial charge in [0.15, 0.2) is 0 Å². The van der Waals surface area contributed by atoms with Crippen LogP contribution >= 0.6 is 12.4 Å². The number of piperidine rings is 1. The van der Waals surface area contributed by atoms with Crippen LogP contribution in [0.1, 0.15) is 19.3 Å². The van der Waals surface area contributed by atoms with Crippen molar-refractivity contribution in [1.82, 2.24) is 5.32 Å². The number of rotatable bonds is 0. The molecule has 2 fully saturated rings. The van der Waals surface area contributed by atoms with Gasteiger partial charge < -0.3 is 20.3 Å². The third kappa shape index (κ3) is 2.38. The zero-order valence-electron chi connectivity index (χ0n) is 8.11. The number of hydrogen-bond acceptors (Lipinski definition) is 4. The second kappa shape index (κ2) is 4.77. The van der Waals surface area contributed by atoms with Crippen molar-refractivity contribution >= 4 is 12.4 Å². The van der Waals surface area contributed by atoms with Crippen LogP contribution in [0.25, 0.3) is 0 Å². The predicted molar refractivity (Wildman–Crippen MR) is 54.7 cm³/mol. The molecule has 0 aromatic heterocycles. The summed E-state index contributed by atoms with van der Waals surface area (Å²) in [5.41, 5.74) is -0.211. The highest BCUT2D eigenvalue weighted by molar-refractivity contribution is 5.85. The molecule has 0 aromatic carbocycles. The molecule has 3 N–H and O–H groups in total. The van der Waals surface area contributed by atoms with Gasteiger partial charge in [-0.2, -0.15) is 0 Å². The Bertz CT molecular complexity index is 185. The summed E-state index contributed by atoms with van der Waals surface area (Å²) in [6, 6.07) is 0. The molecule has 0 aliphatic carbocycles. The highest BCUT2D eigenvalue weighted by Crippen LogP contribution is 2.31. The normalized spacial score (nSPS) is 43.3. The van der Waals surface area contributed by atoms with Crippen LogP contribution in [-0.4, -0.2) is 47.7 Å². The zero-order valence-corrected chi connectivity index (χ0v) is 8.92. The van der Waals surface area contributed by atoms with Gasteiger partial charge in [-0.15, -0.1) is 12.4 Å². The van der Waals surface area contributed by atoms with Crippen molar-refractivity contribution in [2.24, 2.45) is 0 Å². The van der Waals surface area contributed by atoms with Crippen LogP contribution in [0.2, 0.25) is 0 Å². The van der Waals surface area contributed by atoms with E-state index in [0.717, 1.165) is 25.9 Å². The van der Waals surface area contributed by atoms with Crippen molar-refractivity contribution in [3.05, 3.63) is 0 Å². The average Bonchev–Trinajstić information content (AvgIpc) is 2.14. The first-order valence-corrected chi connectivity index (χ1v) is 4.93. The predicted octanol–water partition coefficient (Wildman–Crippen LogP) is -0.328. The molecule has 2 rings (SSSR count). The lowest BCUT2D eigenvalue weighted by Crippen LogP contribution is -2.56. The van der Waals surface area contributed by atoms with E-state index in [2.05, 4.69) is 5.32 Å². The van der Waals surface area contributed by atoms with Crippen molar-refractivity contribution in [3.8, 4) is 0 Å². The molecule has 3 atom stereocenters. The van der Waals surface area contributed by atoms with E-state index in [1.807, 2.05) is 0 Å². The second-order valence-electron chi connectivity index (χ2n) is 4.11. The Labute approximate surface area is 90.1 Å². The molecule has 5 heteroatoms. The van der Waals surface area contributed by atoms with E-state index in [1.54, 1.807) is 0 Å². The molecular weight excluding hydrogens is 206 g/mol. The number of halogens is 1. The monoisotopic (exact) mass is 223 g/mol. The Kier molecular flexibility index (Phi) is 4.15. The van der Waals surface area contributed by atoms with Gasteiger partial charge >= 0.3 is 0 Å². The van der Waals surface area contributed by atoms with Gasteiger partial charge in [-0.1, -0.05) is 0 Å². The van der Waals surface area contributed by atoms with Crippen molar-refractivity contribution in [1.29, 1.82) is 0 Å². The van der Waals surface area contributed by atoms with Gasteiger partial charge in [0, 0.05) is 13.0 Å². The highest BCUT2D eigenvalue weighted by atomic mass is 35.5. The standard InChI is InChI=1S/C9H17NO3.ClH/c11-7-4-9(13-5-8(7)12)2-1-3-10-6-9;/h7-8,10-12H,1-6H2;1H/t7-,8+,9?;/m0./s1. The molecule has 1 spiro atoms. The van der Waals surface area contributed by atoms with Crippen molar-refractivity contribution in [2.75, 3.05) is 19.7 Å². The van der Waals surface area contributed by atoms with Gasteiger partial charge in [-0.3, -0.25) is 0 Å². The molecule has 2 aliphatic heterocycles. The molecule has 1 unspecified atom stereocenters. The minimum absolute atomic E-state index is 0. The number of aliphatic hydroxyl groups excluding tert-OH is 2. The highest BCUT2D eigenvalue weighted by Gasteiger charge is 2.41. The van der Waals surface area contributed by atoms with Crippen molar-refractivity contribution < 1.29 is 14.9 Å². The molecule has 4 nitrogen and oxygen atoms in total. The van der Waals surface area contributed by atoms with Gasteiger partial charge in [-0.25, -0.2) is 0 Å². The molecule has 2 aliphatic rings. The molecular formula is C9H18ClNO3. The molecule has 0 radical (unpaired) electrons. The lowest BCUT2D eigenvalue weighted by molar-refractivity contribution is -0.177. The first kappa shape index (κ1) is 12.2. The SMILES string of the molecule is Cl.O[C@@H]1COC2(CCCNC2)C[C@@H]1O. The van der Waals surface area contributed by atoms with Crippen LogP contribution in [0, 0.1) is 0 Å². The van der Waals surface area contributed by atoms with Gasteiger partial charge in [0.25, 0.3) is 0 Å². The van der Waals surface area contributed by atoms with Gasteiger partial charge in [-0.05, 0) is 19.4 Å². The van der Waals surface area contributed by atoms with E-state index >= 15 is 0 Å². The van der Waals surface area contributed by atoms with E-state index in [-0.39, 0.29) is 24.6 Å². The topological polar surface area (TPSA) is 61.7 Å². The van der Waals surface area contributed by atoms with Crippen LogP contribution in [0.15, 0.2) is 0 Å². The van der Waals surface area contributed by atoms with E-state index in [9.17, 15) is 10.2 Å². The lowest BCUT2D eigenvalue weighted by atomic mass is 9.84. The van der Waals surface area contributed by atoms with Gasteiger partial charge in [0.2, 0.25) is 0 Å². The fourth-order valence-electron chi connectivity index (χ4n) is 2.19. The average molecular weight is 224 g/mol. The molecule has 14 heavy (non-hydrogen) atoms. The first-order valence-electron chi connectivity index (χ1n) is 4.93. The summed E-state index contributed by atoms with van der Waals surface area (Å²) in [4.78, 5) is 0. The van der Waals surface area contributed by atoms with Gasteiger partial charge in [0.1, 0.15) is 6.10 Å². The summed E-state index contributed by atoms with van der Waals surface area (Å²) in [6.07, 6.45) is 1.31. The van der Waals surface area contributed by atoms with Crippen LogP contribution in [0.5, 0.6) is 0 Å². The fourth-order valence-corrected chi connectivity index (χ4v) is 2.19. The lowest BCUT2D eigenvalue weighted by Gasteiger charge is -2.43. The Morgan fingerprint density at radius 1 is 1.29 bits per heavy atom. The second-order valence-corrected chi connectivity index (χ2v) is 4.11. The largest absolute Gasteiger partial charge is 0.390 e. The maximum Gasteiger partial charge on any atom is 0.103 e. The number of ether oxygens (including phenoxy) is 1. The van der Waals surface area contributed by atoms with Crippen molar-refractivity contribution in [2.45, 2.75) is 37.1 Å². The summed E-state index contributed by atoms with van der Waals surface area (Å²) < 4.78 is 5.62. The number of hydrogen-bond donors (Lipinski definition) is 3. The minimum atomic E-state index is -0.701. The number of nitrogens with one attached hydrogen (secondary N) is 1. The molecule has 84 valence electrons. The summed E-state index contributed by atoms with van der Waals surface area (Å²) in [7, 11) is 0. The van der Waals surface area contributed by atoms with Crippen molar-refractivity contribution in [3.63, 3.8) is 0 Å². The Morgan fingerprint density at radius 3 is 2.64 bits per heavy atom. The molecule has 0 bridgehead atoms. The summed E-state index contributed by atoms with van der Waals surface area (Å²) in [6.45, 7) is 2.10. The fraction of sp³-hybridized carbons (Fsp3) is 1.00.